The van der Waals surface area contributed by atoms with Gasteiger partial charge in [0.2, 0.25) is 10.0 Å². The van der Waals surface area contributed by atoms with Crippen molar-refractivity contribution in [1.82, 2.24) is 14.9 Å². The number of alkyl halides is 1. The van der Waals surface area contributed by atoms with Crippen molar-refractivity contribution in [3.8, 4) is 0 Å². The number of H-pyrrole nitrogens is 1. The number of aryl methyl sites for hydroxylation is 2. The normalized spacial score (nSPS) is 11.9. The Labute approximate surface area is 116 Å². The van der Waals surface area contributed by atoms with Gasteiger partial charge in [0.25, 0.3) is 0 Å². The Hall–Kier alpha value is -0.150. The van der Waals surface area contributed by atoms with Crippen LogP contribution in [0.3, 0.4) is 0 Å². The molecule has 0 amide bonds. The summed E-state index contributed by atoms with van der Waals surface area (Å²) in [5, 5.41) is 6.58. The summed E-state index contributed by atoms with van der Waals surface area (Å²) in [4.78, 5) is 0.284. The second kappa shape index (κ2) is 6.69. The zero-order valence-electron chi connectivity index (χ0n) is 10.1. The molecule has 17 heavy (non-hydrogen) atoms. The van der Waals surface area contributed by atoms with Crippen LogP contribution in [-0.2, 0) is 10.0 Å². The molecule has 98 valence electrons. The second-order valence-electron chi connectivity index (χ2n) is 3.91. The van der Waals surface area contributed by atoms with Gasteiger partial charge in [-0.25, -0.2) is 13.1 Å². The molecule has 0 unspecified atom stereocenters. The molecule has 0 fully saturated rings. The highest BCUT2D eigenvalue weighted by atomic mass is 127. The molecule has 0 aliphatic rings. The van der Waals surface area contributed by atoms with E-state index in [0.717, 1.165) is 23.7 Å². The first-order chi connectivity index (χ1) is 7.99. The third-order valence-corrected chi connectivity index (χ3v) is 4.92. The molecule has 0 saturated heterocycles. The molecule has 0 saturated carbocycles. The minimum absolute atomic E-state index is 0.284. The van der Waals surface area contributed by atoms with Crippen LogP contribution in [0.4, 0.5) is 0 Å². The van der Waals surface area contributed by atoms with Crippen LogP contribution in [0.15, 0.2) is 4.90 Å². The van der Waals surface area contributed by atoms with Crippen molar-refractivity contribution < 1.29 is 8.42 Å². The quantitative estimate of drug-likeness (QED) is 0.437. The molecule has 1 aromatic rings. The van der Waals surface area contributed by atoms with Crippen molar-refractivity contribution in [3.63, 3.8) is 0 Å². The second-order valence-corrected chi connectivity index (χ2v) is 6.69. The molecule has 5 nitrogen and oxygen atoms in total. The topological polar surface area (TPSA) is 74.8 Å². The molecule has 0 spiro atoms. The largest absolute Gasteiger partial charge is 0.281 e. The summed E-state index contributed by atoms with van der Waals surface area (Å²) in [6.07, 6.45) is 3.05. The molecule has 7 heteroatoms. The number of hydrogen-bond donors (Lipinski definition) is 2. The van der Waals surface area contributed by atoms with Crippen LogP contribution in [0.2, 0.25) is 0 Å². The fourth-order valence-corrected chi connectivity index (χ4v) is 3.59. The summed E-state index contributed by atoms with van der Waals surface area (Å²) in [5.41, 5.74) is 1.10. The minimum atomic E-state index is -3.41. The lowest BCUT2D eigenvalue weighted by Crippen LogP contribution is -2.25. The van der Waals surface area contributed by atoms with Crippen molar-refractivity contribution in [2.75, 3.05) is 11.0 Å². The first-order valence-corrected chi connectivity index (χ1v) is 8.57. The average molecular weight is 371 g/mol. The first-order valence-electron chi connectivity index (χ1n) is 5.56. The summed E-state index contributed by atoms with van der Waals surface area (Å²) in [7, 11) is -3.41. The van der Waals surface area contributed by atoms with E-state index in [1.807, 2.05) is 0 Å². The Morgan fingerprint density at radius 1 is 1.29 bits per heavy atom. The highest BCUT2D eigenvalue weighted by Crippen LogP contribution is 2.16. The lowest BCUT2D eigenvalue weighted by molar-refractivity contribution is 0.575. The Kier molecular flexibility index (Phi) is 5.87. The van der Waals surface area contributed by atoms with Gasteiger partial charge in [-0.15, -0.1) is 0 Å². The summed E-state index contributed by atoms with van der Waals surface area (Å²) in [6.45, 7) is 3.89. The number of nitrogens with zero attached hydrogens (tertiary/aromatic N) is 1. The van der Waals surface area contributed by atoms with E-state index >= 15 is 0 Å². The molecule has 1 rings (SSSR count). The third-order valence-electron chi connectivity index (χ3n) is 2.43. The molecule has 0 aromatic carbocycles. The predicted molar refractivity (Wildman–Crippen MR) is 76.0 cm³/mol. The highest BCUT2D eigenvalue weighted by molar-refractivity contribution is 14.1. The van der Waals surface area contributed by atoms with Crippen molar-refractivity contribution in [3.05, 3.63) is 11.4 Å². The van der Waals surface area contributed by atoms with Gasteiger partial charge in [-0.1, -0.05) is 29.0 Å². The monoisotopic (exact) mass is 371 g/mol. The predicted octanol–water partition coefficient (Wildman–Crippen LogP) is 1.91. The summed E-state index contributed by atoms with van der Waals surface area (Å²) < 4.78 is 27.7. The highest BCUT2D eigenvalue weighted by Gasteiger charge is 2.21. The summed E-state index contributed by atoms with van der Waals surface area (Å²) in [5.74, 6) is 0. The van der Waals surface area contributed by atoms with E-state index < -0.39 is 10.0 Å². The van der Waals surface area contributed by atoms with Gasteiger partial charge in [-0.3, -0.25) is 5.10 Å². The van der Waals surface area contributed by atoms with Crippen LogP contribution in [0.5, 0.6) is 0 Å². The van der Waals surface area contributed by atoms with Gasteiger partial charge in [-0.05, 0) is 31.1 Å². The Balaban J connectivity index is 2.58. The maximum absolute atomic E-state index is 12.0. The van der Waals surface area contributed by atoms with E-state index in [0.29, 0.717) is 17.9 Å². The smallest absolute Gasteiger partial charge is 0.244 e. The van der Waals surface area contributed by atoms with Gasteiger partial charge in [0.15, 0.2) is 0 Å². The Bertz CT molecular complexity index is 437. The molecule has 0 atom stereocenters. The molecule has 1 heterocycles. The molecule has 0 aliphatic heterocycles. The van der Waals surface area contributed by atoms with Crippen LogP contribution < -0.4 is 4.72 Å². The van der Waals surface area contributed by atoms with E-state index in [-0.39, 0.29) is 4.90 Å². The molecule has 1 aromatic heterocycles. The van der Waals surface area contributed by atoms with Crippen LogP contribution >= 0.6 is 22.6 Å². The molecular formula is C10H18IN3O2S. The number of rotatable bonds is 7. The van der Waals surface area contributed by atoms with Crippen molar-refractivity contribution in [1.29, 1.82) is 0 Å². The maximum Gasteiger partial charge on any atom is 0.244 e. The SMILES string of the molecule is Cc1n[nH]c(C)c1S(=O)(=O)NCCCCCI. The van der Waals surface area contributed by atoms with E-state index in [4.69, 9.17) is 0 Å². The third kappa shape index (κ3) is 4.22. The standard InChI is InChI=1S/C10H18IN3O2S/c1-8-10(9(2)14-13-8)17(15,16)12-7-5-3-4-6-11/h12H,3-7H2,1-2H3,(H,13,14). The van der Waals surface area contributed by atoms with Crippen LogP contribution in [0, 0.1) is 13.8 Å². The van der Waals surface area contributed by atoms with Gasteiger partial charge >= 0.3 is 0 Å². The number of sulfonamides is 1. The van der Waals surface area contributed by atoms with E-state index in [1.54, 1.807) is 13.8 Å². The fourth-order valence-electron chi connectivity index (χ4n) is 1.61. The van der Waals surface area contributed by atoms with Crippen LogP contribution in [0.25, 0.3) is 0 Å². The Morgan fingerprint density at radius 3 is 2.53 bits per heavy atom. The number of hydrogen-bond acceptors (Lipinski definition) is 3. The molecule has 0 bridgehead atoms. The van der Waals surface area contributed by atoms with Gasteiger partial charge in [-0.2, -0.15) is 5.10 Å². The fraction of sp³-hybridized carbons (Fsp3) is 0.700. The molecule has 0 aliphatic carbocycles. The van der Waals surface area contributed by atoms with E-state index in [1.165, 1.54) is 0 Å². The lowest BCUT2D eigenvalue weighted by atomic mass is 10.3. The van der Waals surface area contributed by atoms with Crippen molar-refractivity contribution in [2.45, 2.75) is 38.0 Å². The number of halogens is 1. The molecule has 0 radical (unpaired) electrons. The van der Waals surface area contributed by atoms with Gasteiger partial charge < -0.3 is 0 Å². The van der Waals surface area contributed by atoms with E-state index in [2.05, 4.69) is 37.5 Å². The lowest BCUT2D eigenvalue weighted by Gasteiger charge is -2.06. The minimum Gasteiger partial charge on any atom is -0.281 e. The molecule has 2 N–H and O–H groups in total. The average Bonchev–Trinajstić information content (AvgIpc) is 2.58. The zero-order valence-corrected chi connectivity index (χ0v) is 13.1. The van der Waals surface area contributed by atoms with Crippen molar-refractivity contribution >= 4 is 32.6 Å². The first kappa shape index (κ1) is 14.9. The number of unbranched alkanes of at least 4 members (excludes halogenated alkanes) is 2. The van der Waals surface area contributed by atoms with E-state index in [9.17, 15) is 8.42 Å². The van der Waals surface area contributed by atoms with Crippen LogP contribution in [0.1, 0.15) is 30.7 Å². The maximum atomic E-state index is 12.0. The summed E-state index contributed by atoms with van der Waals surface area (Å²) >= 11 is 2.32. The van der Waals surface area contributed by atoms with Gasteiger partial charge in [0, 0.05) is 6.54 Å². The molecular weight excluding hydrogens is 353 g/mol. The number of aromatic amines is 1. The summed E-state index contributed by atoms with van der Waals surface area (Å²) in [6, 6.07) is 0. The number of nitrogens with one attached hydrogen (secondary N) is 2. The van der Waals surface area contributed by atoms with Gasteiger partial charge in [0.1, 0.15) is 4.90 Å². The van der Waals surface area contributed by atoms with Crippen molar-refractivity contribution in [2.24, 2.45) is 0 Å². The van der Waals surface area contributed by atoms with Gasteiger partial charge in [0.05, 0.1) is 11.4 Å². The van der Waals surface area contributed by atoms with Crippen LogP contribution in [-0.4, -0.2) is 29.6 Å². The Morgan fingerprint density at radius 2 is 2.00 bits per heavy atom. The number of aromatic nitrogens is 2. The zero-order chi connectivity index (χ0) is 12.9.